The van der Waals surface area contributed by atoms with Gasteiger partial charge in [-0.2, -0.15) is 0 Å². The van der Waals surface area contributed by atoms with Gasteiger partial charge in [-0.3, -0.25) is 14.4 Å². The second-order valence-corrected chi connectivity index (χ2v) is 5.31. The van der Waals surface area contributed by atoms with Crippen molar-refractivity contribution < 1.29 is 13.6 Å². The number of halogens is 2. The molecule has 0 aliphatic rings. The molecular weight excluding hydrogens is 332 g/mol. The van der Waals surface area contributed by atoms with Crippen molar-refractivity contribution in [2.75, 3.05) is 5.32 Å². The standard InChI is InChI=1S/C17H13F2N3O3/c1-2-22-14-6-3-9(7-13(14)21-16(24)17(22)25)15(23)20-12-5-4-10(18)8-11(12)19/h3-8H,2H2,1H3,(H,20,23)(H,21,24). The van der Waals surface area contributed by atoms with Crippen LogP contribution >= 0.6 is 0 Å². The first-order valence-corrected chi connectivity index (χ1v) is 7.44. The second-order valence-electron chi connectivity index (χ2n) is 5.31. The number of rotatable bonds is 3. The molecule has 0 radical (unpaired) electrons. The molecule has 0 aliphatic carbocycles. The molecule has 1 heterocycles. The second kappa shape index (κ2) is 6.31. The molecule has 1 aromatic heterocycles. The molecule has 3 aromatic rings. The predicted octanol–water partition coefficient (Wildman–Crippen LogP) is 2.24. The summed E-state index contributed by atoms with van der Waals surface area (Å²) in [5, 5.41) is 2.33. The Morgan fingerprint density at radius 1 is 1.16 bits per heavy atom. The van der Waals surface area contributed by atoms with Gasteiger partial charge in [0.15, 0.2) is 0 Å². The van der Waals surface area contributed by atoms with Crippen molar-refractivity contribution in [3.63, 3.8) is 0 Å². The van der Waals surface area contributed by atoms with Crippen molar-refractivity contribution in [3.05, 3.63) is 74.3 Å². The van der Waals surface area contributed by atoms with E-state index in [2.05, 4.69) is 10.3 Å². The summed E-state index contributed by atoms with van der Waals surface area (Å²) in [5.74, 6) is -2.29. The summed E-state index contributed by atoms with van der Waals surface area (Å²) in [6.45, 7) is 2.02. The lowest BCUT2D eigenvalue weighted by Crippen LogP contribution is -2.36. The summed E-state index contributed by atoms with van der Waals surface area (Å²) in [6.07, 6.45) is 0. The summed E-state index contributed by atoms with van der Waals surface area (Å²) in [6, 6.07) is 7.15. The molecule has 0 fully saturated rings. The number of anilines is 1. The number of amides is 1. The van der Waals surface area contributed by atoms with Gasteiger partial charge in [-0.25, -0.2) is 8.78 Å². The van der Waals surface area contributed by atoms with E-state index in [0.29, 0.717) is 23.6 Å². The summed E-state index contributed by atoms with van der Waals surface area (Å²) in [5.41, 5.74) is -0.723. The van der Waals surface area contributed by atoms with Crippen LogP contribution in [0.5, 0.6) is 0 Å². The summed E-state index contributed by atoms with van der Waals surface area (Å²) in [4.78, 5) is 38.2. The van der Waals surface area contributed by atoms with Crippen molar-refractivity contribution >= 4 is 22.6 Å². The predicted molar refractivity (Wildman–Crippen MR) is 88.8 cm³/mol. The number of hydrogen-bond acceptors (Lipinski definition) is 3. The fourth-order valence-corrected chi connectivity index (χ4v) is 2.52. The highest BCUT2D eigenvalue weighted by Crippen LogP contribution is 2.17. The van der Waals surface area contributed by atoms with E-state index in [0.717, 1.165) is 12.1 Å². The minimum absolute atomic E-state index is 0.146. The first-order valence-electron chi connectivity index (χ1n) is 7.44. The molecule has 0 spiro atoms. The molecule has 3 rings (SSSR count). The number of carbonyl (C=O) groups is 1. The highest BCUT2D eigenvalue weighted by atomic mass is 19.1. The Kier molecular flexibility index (Phi) is 4.18. The fourth-order valence-electron chi connectivity index (χ4n) is 2.52. The minimum atomic E-state index is -0.901. The third-order valence-corrected chi connectivity index (χ3v) is 3.73. The maximum atomic E-state index is 13.6. The summed E-state index contributed by atoms with van der Waals surface area (Å²) < 4.78 is 27.8. The molecule has 6 nitrogen and oxygen atoms in total. The maximum Gasteiger partial charge on any atom is 0.316 e. The molecule has 1 amide bonds. The SMILES string of the molecule is CCn1c(=O)c(=O)[nH]c2cc(C(=O)Nc3ccc(F)cc3F)ccc21. The number of benzene rings is 2. The van der Waals surface area contributed by atoms with E-state index < -0.39 is 28.7 Å². The van der Waals surface area contributed by atoms with Gasteiger partial charge >= 0.3 is 11.1 Å². The zero-order valence-corrected chi connectivity index (χ0v) is 13.1. The maximum absolute atomic E-state index is 13.6. The average molecular weight is 345 g/mol. The molecule has 128 valence electrons. The minimum Gasteiger partial charge on any atom is -0.319 e. The largest absolute Gasteiger partial charge is 0.319 e. The van der Waals surface area contributed by atoms with E-state index in [4.69, 9.17) is 0 Å². The van der Waals surface area contributed by atoms with Crippen LogP contribution in [0, 0.1) is 11.6 Å². The van der Waals surface area contributed by atoms with Crippen LogP contribution in [-0.2, 0) is 6.54 Å². The number of H-pyrrole nitrogens is 1. The molecule has 2 N–H and O–H groups in total. The van der Waals surface area contributed by atoms with E-state index in [9.17, 15) is 23.2 Å². The lowest BCUT2D eigenvalue weighted by molar-refractivity contribution is 0.102. The normalized spacial score (nSPS) is 10.8. The Bertz CT molecular complexity index is 1100. The monoisotopic (exact) mass is 345 g/mol. The van der Waals surface area contributed by atoms with E-state index in [1.54, 1.807) is 6.92 Å². The van der Waals surface area contributed by atoms with Gasteiger partial charge in [-0.1, -0.05) is 0 Å². The number of aromatic nitrogens is 2. The smallest absolute Gasteiger partial charge is 0.316 e. The average Bonchev–Trinajstić information content (AvgIpc) is 2.58. The lowest BCUT2D eigenvalue weighted by Gasteiger charge is -2.10. The fraction of sp³-hybridized carbons (Fsp3) is 0.118. The first-order chi connectivity index (χ1) is 11.9. The summed E-state index contributed by atoms with van der Waals surface area (Å²) >= 11 is 0. The van der Waals surface area contributed by atoms with E-state index in [1.165, 1.54) is 22.8 Å². The molecule has 0 saturated carbocycles. The number of hydrogen-bond donors (Lipinski definition) is 2. The molecule has 0 bridgehead atoms. The summed E-state index contributed by atoms with van der Waals surface area (Å²) in [7, 11) is 0. The number of aryl methyl sites for hydroxylation is 1. The van der Waals surface area contributed by atoms with Gasteiger partial charge in [0.25, 0.3) is 5.91 Å². The molecule has 0 saturated heterocycles. The van der Waals surface area contributed by atoms with Crippen LogP contribution in [-0.4, -0.2) is 15.5 Å². The molecule has 0 unspecified atom stereocenters. The van der Waals surface area contributed by atoms with Crippen molar-refractivity contribution in [1.29, 1.82) is 0 Å². The first kappa shape index (κ1) is 16.6. The lowest BCUT2D eigenvalue weighted by atomic mass is 10.1. The Balaban J connectivity index is 2.01. The van der Waals surface area contributed by atoms with Crippen LogP contribution in [0.1, 0.15) is 17.3 Å². The van der Waals surface area contributed by atoms with Gasteiger partial charge in [-0.15, -0.1) is 0 Å². The number of aromatic amines is 1. The van der Waals surface area contributed by atoms with Crippen LogP contribution in [0.3, 0.4) is 0 Å². The van der Waals surface area contributed by atoms with Crippen molar-refractivity contribution in [2.24, 2.45) is 0 Å². The highest BCUT2D eigenvalue weighted by Gasteiger charge is 2.13. The van der Waals surface area contributed by atoms with E-state index in [1.807, 2.05) is 0 Å². The van der Waals surface area contributed by atoms with Crippen molar-refractivity contribution in [1.82, 2.24) is 9.55 Å². The number of carbonyl (C=O) groups excluding carboxylic acids is 1. The van der Waals surface area contributed by atoms with Gasteiger partial charge in [0.05, 0.1) is 16.7 Å². The number of nitrogens with one attached hydrogen (secondary N) is 2. The Labute approximate surface area is 139 Å². The van der Waals surface area contributed by atoms with Crippen LogP contribution in [0.2, 0.25) is 0 Å². The van der Waals surface area contributed by atoms with Crippen LogP contribution < -0.4 is 16.4 Å². The van der Waals surface area contributed by atoms with E-state index >= 15 is 0 Å². The molecule has 25 heavy (non-hydrogen) atoms. The zero-order chi connectivity index (χ0) is 18.1. The molecule has 0 aliphatic heterocycles. The highest BCUT2D eigenvalue weighted by molar-refractivity contribution is 6.05. The zero-order valence-electron chi connectivity index (χ0n) is 13.1. The third kappa shape index (κ3) is 3.06. The quantitative estimate of drug-likeness (QED) is 0.714. The molecule has 0 atom stereocenters. The van der Waals surface area contributed by atoms with Crippen molar-refractivity contribution in [3.8, 4) is 0 Å². The topological polar surface area (TPSA) is 84.0 Å². The Morgan fingerprint density at radius 2 is 1.92 bits per heavy atom. The van der Waals surface area contributed by atoms with Crippen LogP contribution in [0.25, 0.3) is 11.0 Å². The number of nitrogens with zero attached hydrogens (tertiary/aromatic N) is 1. The third-order valence-electron chi connectivity index (χ3n) is 3.73. The van der Waals surface area contributed by atoms with Crippen LogP contribution in [0.4, 0.5) is 14.5 Å². The van der Waals surface area contributed by atoms with Gasteiger partial charge in [-0.05, 0) is 37.3 Å². The van der Waals surface area contributed by atoms with E-state index in [-0.39, 0.29) is 11.3 Å². The van der Waals surface area contributed by atoms with Crippen molar-refractivity contribution in [2.45, 2.75) is 13.5 Å². The van der Waals surface area contributed by atoms with Gasteiger partial charge in [0.2, 0.25) is 0 Å². The molecule has 2 aromatic carbocycles. The van der Waals surface area contributed by atoms with Gasteiger partial charge in [0.1, 0.15) is 11.6 Å². The van der Waals surface area contributed by atoms with Gasteiger partial charge in [0, 0.05) is 18.2 Å². The molecular formula is C17H13F2N3O3. The van der Waals surface area contributed by atoms with Crippen LogP contribution in [0.15, 0.2) is 46.0 Å². The Hall–Kier alpha value is -3.29. The van der Waals surface area contributed by atoms with Gasteiger partial charge < -0.3 is 14.9 Å². The number of fused-ring (bicyclic) bond motifs is 1. The molecule has 8 heteroatoms. The Morgan fingerprint density at radius 3 is 2.60 bits per heavy atom.